The van der Waals surface area contributed by atoms with Crippen LogP contribution in [0.5, 0.6) is 0 Å². The van der Waals surface area contributed by atoms with E-state index in [1.54, 1.807) is 14.2 Å². The van der Waals surface area contributed by atoms with Crippen molar-refractivity contribution in [3.63, 3.8) is 0 Å². The van der Waals surface area contributed by atoms with Crippen LogP contribution in [-0.2, 0) is 16.0 Å². The summed E-state index contributed by atoms with van der Waals surface area (Å²) in [5.74, 6) is -0.424. The molecule has 0 atom stereocenters. The lowest BCUT2D eigenvalue weighted by Gasteiger charge is -2.48. The highest BCUT2D eigenvalue weighted by molar-refractivity contribution is 5.51. The van der Waals surface area contributed by atoms with E-state index in [0.29, 0.717) is 6.04 Å². The number of benzene rings is 1. The van der Waals surface area contributed by atoms with Crippen LogP contribution in [0.1, 0.15) is 19.4 Å². The Labute approximate surface area is 115 Å². The summed E-state index contributed by atoms with van der Waals surface area (Å²) >= 11 is 0. The molecule has 0 aliphatic carbocycles. The molecule has 0 aromatic heterocycles. The van der Waals surface area contributed by atoms with Gasteiger partial charge in [-0.25, -0.2) is 0 Å². The molecule has 1 aromatic carbocycles. The van der Waals surface area contributed by atoms with Gasteiger partial charge in [0.25, 0.3) is 0 Å². The number of ether oxygens (including phenoxy) is 2. The Bertz CT molecular complexity index is 408. The van der Waals surface area contributed by atoms with Gasteiger partial charge in [-0.15, -0.1) is 0 Å². The molecule has 1 aromatic rings. The van der Waals surface area contributed by atoms with Crippen molar-refractivity contribution in [2.75, 3.05) is 32.2 Å². The summed E-state index contributed by atoms with van der Waals surface area (Å²) in [6, 6.07) is 9.12. The van der Waals surface area contributed by atoms with Crippen LogP contribution in [0.25, 0.3) is 0 Å². The first-order valence-electron chi connectivity index (χ1n) is 6.76. The van der Waals surface area contributed by atoms with Crippen LogP contribution >= 0.6 is 0 Å². The first-order valence-corrected chi connectivity index (χ1v) is 6.76. The number of methoxy groups -OCH3 is 2. The molecule has 0 saturated carbocycles. The molecular weight excluding hydrogens is 240 g/mol. The van der Waals surface area contributed by atoms with Gasteiger partial charge in [0.05, 0.1) is 13.1 Å². The van der Waals surface area contributed by atoms with Crippen molar-refractivity contribution in [2.24, 2.45) is 0 Å². The lowest BCUT2D eigenvalue weighted by Crippen LogP contribution is -2.64. The molecular formula is C15H24N2O2. The Balaban J connectivity index is 1.97. The molecule has 4 nitrogen and oxygen atoms in total. The monoisotopic (exact) mass is 264 g/mol. The van der Waals surface area contributed by atoms with Crippen LogP contribution in [-0.4, -0.2) is 39.1 Å². The zero-order valence-electron chi connectivity index (χ0n) is 12.3. The molecule has 0 spiro atoms. The van der Waals surface area contributed by atoms with Crippen molar-refractivity contribution >= 4 is 5.69 Å². The molecule has 0 bridgehead atoms. The SMILES string of the molecule is COC1(OC)CN(c2cccc(CNC(C)C)c2)C1. The minimum Gasteiger partial charge on any atom is -0.361 e. The maximum atomic E-state index is 5.41. The summed E-state index contributed by atoms with van der Waals surface area (Å²) < 4.78 is 10.8. The van der Waals surface area contributed by atoms with Gasteiger partial charge in [0.1, 0.15) is 0 Å². The van der Waals surface area contributed by atoms with Gasteiger partial charge in [-0.2, -0.15) is 0 Å². The van der Waals surface area contributed by atoms with E-state index in [2.05, 4.69) is 48.3 Å². The van der Waals surface area contributed by atoms with Gasteiger partial charge < -0.3 is 19.7 Å². The second-order valence-corrected chi connectivity index (χ2v) is 5.38. The molecule has 2 rings (SSSR count). The lowest BCUT2D eigenvalue weighted by atomic mass is 10.0. The number of nitrogens with one attached hydrogen (secondary N) is 1. The second kappa shape index (κ2) is 5.90. The van der Waals surface area contributed by atoms with E-state index in [-0.39, 0.29) is 0 Å². The van der Waals surface area contributed by atoms with Crippen LogP contribution < -0.4 is 10.2 Å². The summed E-state index contributed by atoms with van der Waals surface area (Å²) in [5, 5.41) is 3.43. The third-order valence-electron chi connectivity index (χ3n) is 3.60. The van der Waals surface area contributed by atoms with Gasteiger partial charge in [0.15, 0.2) is 0 Å². The van der Waals surface area contributed by atoms with Crippen molar-refractivity contribution in [2.45, 2.75) is 32.2 Å². The largest absolute Gasteiger partial charge is 0.361 e. The third-order valence-corrected chi connectivity index (χ3v) is 3.60. The molecule has 1 saturated heterocycles. The van der Waals surface area contributed by atoms with Gasteiger partial charge in [0, 0.05) is 32.5 Å². The lowest BCUT2D eigenvalue weighted by molar-refractivity contribution is -0.219. The molecule has 0 unspecified atom stereocenters. The number of rotatable bonds is 6. The summed E-state index contributed by atoms with van der Waals surface area (Å²) in [4.78, 5) is 2.27. The Morgan fingerprint density at radius 3 is 2.53 bits per heavy atom. The van der Waals surface area contributed by atoms with E-state index in [1.807, 2.05) is 0 Å². The minimum atomic E-state index is -0.424. The summed E-state index contributed by atoms with van der Waals surface area (Å²) in [6.07, 6.45) is 0. The fourth-order valence-electron chi connectivity index (χ4n) is 2.24. The van der Waals surface area contributed by atoms with Crippen LogP contribution in [0.15, 0.2) is 24.3 Å². The topological polar surface area (TPSA) is 33.7 Å². The predicted molar refractivity (Wildman–Crippen MR) is 77.4 cm³/mol. The molecule has 0 amide bonds. The zero-order chi connectivity index (χ0) is 13.9. The van der Waals surface area contributed by atoms with Gasteiger partial charge in [-0.05, 0) is 17.7 Å². The fourth-order valence-corrected chi connectivity index (χ4v) is 2.24. The number of nitrogens with zero attached hydrogens (tertiary/aromatic N) is 1. The van der Waals surface area contributed by atoms with Gasteiger partial charge in [-0.1, -0.05) is 26.0 Å². The Kier molecular flexibility index (Phi) is 4.45. The van der Waals surface area contributed by atoms with Crippen molar-refractivity contribution in [3.05, 3.63) is 29.8 Å². The normalized spacial score (nSPS) is 17.6. The Morgan fingerprint density at radius 2 is 1.95 bits per heavy atom. The molecule has 4 heteroatoms. The molecule has 1 heterocycles. The highest BCUT2D eigenvalue weighted by Gasteiger charge is 2.43. The van der Waals surface area contributed by atoms with E-state index < -0.39 is 5.79 Å². The number of hydrogen-bond donors (Lipinski definition) is 1. The highest BCUT2D eigenvalue weighted by Crippen LogP contribution is 2.30. The summed E-state index contributed by atoms with van der Waals surface area (Å²) in [7, 11) is 3.40. The number of anilines is 1. The van der Waals surface area contributed by atoms with E-state index in [4.69, 9.17) is 9.47 Å². The first-order chi connectivity index (χ1) is 9.08. The van der Waals surface area contributed by atoms with Gasteiger partial charge in [0.2, 0.25) is 5.79 Å². The van der Waals surface area contributed by atoms with Crippen molar-refractivity contribution < 1.29 is 9.47 Å². The van der Waals surface area contributed by atoms with Crippen LogP contribution in [0.4, 0.5) is 5.69 Å². The number of hydrogen-bond acceptors (Lipinski definition) is 4. The highest BCUT2D eigenvalue weighted by atomic mass is 16.7. The first kappa shape index (κ1) is 14.3. The summed E-state index contributed by atoms with van der Waals surface area (Å²) in [6.45, 7) is 6.77. The van der Waals surface area contributed by atoms with Crippen molar-refractivity contribution in [3.8, 4) is 0 Å². The fraction of sp³-hybridized carbons (Fsp3) is 0.600. The molecule has 106 valence electrons. The maximum absolute atomic E-state index is 5.41. The molecule has 0 radical (unpaired) electrons. The average molecular weight is 264 g/mol. The quantitative estimate of drug-likeness (QED) is 0.797. The molecule has 1 N–H and O–H groups in total. The predicted octanol–water partition coefficient (Wildman–Crippen LogP) is 1.99. The Morgan fingerprint density at radius 1 is 1.26 bits per heavy atom. The molecule has 1 aliphatic rings. The van der Waals surface area contributed by atoms with E-state index in [0.717, 1.165) is 19.6 Å². The van der Waals surface area contributed by atoms with Crippen LogP contribution in [0, 0.1) is 0 Å². The van der Waals surface area contributed by atoms with Gasteiger partial charge in [-0.3, -0.25) is 0 Å². The van der Waals surface area contributed by atoms with Crippen molar-refractivity contribution in [1.29, 1.82) is 0 Å². The molecule has 19 heavy (non-hydrogen) atoms. The molecule has 1 fully saturated rings. The smallest absolute Gasteiger partial charge is 0.203 e. The minimum absolute atomic E-state index is 0.424. The summed E-state index contributed by atoms with van der Waals surface area (Å²) in [5.41, 5.74) is 2.53. The second-order valence-electron chi connectivity index (χ2n) is 5.38. The Hall–Kier alpha value is -1.10. The van der Waals surface area contributed by atoms with Gasteiger partial charge >= 0.3 is 0 Å². The average Bonchev–Trinajstić information content (AvgIpc) is 2.37. The standard InChI is InChI=1S/C15H24N2O2/c1-12(2)16-9-13-6-5-7-14(8-13)17-10-15(11-17,18-3)19-4/h5-8,12,16H,9-11H2,1-4H3. The maximum Gasteiger partial charge on any atom is 0.203 e. The van der Waals surface area contributed by atoms with Crippen LogP contribution in [0.2, 0.25) is 0 Å². The van der Waals surface area contributed by atoms with Crippen LogP contribution in [0.3, 0.4) is 0 Å². The van der Waals surface area contributed by atoms with E-state index >= 15 is 0 Å². The van der Waals surface area contributed by atoms with E-state index in [1.165, 1.54) is 11.3 Å². The third kappa shape index (κ3) is 3.26. The molecule has 1 aliphatic heterocycles. The van der Waals surface area contributed by atoms with Crippen molar-refractivity contribution in [1.82, 2.24) is 5.32 Å². The zero-order valence-corrected chi connectivity index (χ0v) is 12.3. The van der Waals surface area contributed by atoms with E-state index in [9.17, 15) is 0 Å².